The van der Waals surface area contributed by atoms with Crippen LogP contribution in [0.4, 0.5) is 15.9 Å². The van der Waals surface area contributed by atoms with Crippen molar-refractivity contribution >= 4 is 23.3 Å². The number of carbonyl (C=O) groups is 2. The predicted molar refractivity (Wildman–Crippen MR) is 106 cm³/mol. The van der Waals surface area contributed by atoms with Crippen molar-refractivity contribution in [1.29, 1.82) is 0 Å². The molecule has 0 aliphatic carbocycles. The number of pyridine rings is 1. The second-order valence-electron chi connectivity index (χ2n) is 7.06. The van der Waals surface area contributed by atoms with Crippen molar-refractivity contribution < 1.29 is 14.0 Å². The molecule has 2 amide bonds. The zero-order chi connectivity index (χ0) is 20.3. The Morgan fingerprint density at radius 3 is 2.71 bits per heavy atom. The number of nitrogens with zero attached hydrogens (tertiary/aromatic N) is 3. The molecule has 148 valence electrons. The molecule has 6 nitrogen and oxygen atoms in total. The molecular weight excluding hydrogens is 359 g/mol. The maximum absolute atomic E-state index is 14.4. The van der Waals surface area contributed by atoms with Crippen LogP contribution in [0.5, 0.6) is 0 Å². The highest BCUT2D eigenvalue weighted by Gasteiger charge is 2.32. The van der Waals surface area contributed by atoms with E-state index in [9.17, 15) is 14.0 Å². The summed E-state index contributed by atoms with van der Waals surface area (Å²) < 4.78 is 14.4. The van der Waals surface area contributed by atoms with E-state index in [1.54, 1.807) is 37.2 Å². The molecule has 0 saturated carbocycles. The average Bonchev–Trinajstić information content (AvgIpc) is 2.65. The minimum atomic E-state index is -0.418. The molecule has 0 radical (unpaired) electrons. The van der Waals surface area contributed by atoms with E-state index in [-0.39, 0.29) is 23.4 Å². The molecular formula is C21H25FN4O2. The Morgan fingerprint density at radius 1 is 1.32 bits per heavy atom. The van der Waals surface area contributed by atoms with Gasteiger partial charge in [0.1, 0.15) is 11.6 Å². The lowest BCUT2D eigenvalue weighted by atomic mass is 9.90. The summed E-state index contributed by atoms with van der Waals surface area (Å²) in [6, 6.07) is 8.62. The maximum atomic E-state index is 14.4. The van der Waals surface area contributed by atoms with Gasteiger partial charge in [-0.15, -0.1) is 0 Å². The molecule has 0 bridgehead atoms. The van der Waals surface area contributed by atoms with Crippen molar-refractivity contribution in [2.24, 2.45) is 0 Å². The van der Waals surface area contributed by atoms with Crippen molar-refractivity contribution in [2.45, 2.75) is 32.1 Å². The average molecular weight is 384 g/mol. The molecule has 1 saturated heterocycles. The number of likely N-dealkylation sites (tertiary alicyclic amines) is 1. The van der Waals surface area contributed by atoms with Gasteiger partial charge < -0.3 is 15.5 Å². The highest BCUT2D eigenvalue weighted by atomic mass is 19.1. The van der Waals surface area contributed by atoms with Gasteiger partial charge in [-0.05, 0) is 35.7 Å². The molecule has 2 aromatic rings. The maximum Gasteiger partial charge on any atom is 0.226 e. The van der Waals surface area contributed by atoms with Gasteiger partial charge in [-0.2, -0.15) is 0 Å². The number of nitrogens with two attached hydrogens (primary N) is 1. The number of hydrogen-bond donors (Lipinski definition) is 1. The number of carbonyl (C=O) groups excluding carboxylic acids is 2. The Balaban J connectivity index is 1.54. The largest absolute Gasteiger partial charge is 0.383 e. The molecule has 1 aromatic carbocycles. The Labute approximate surface area is 164 Å². The van der Waals surface area contributed by atoms with Crippen molar-refractivity contribution in [2.75, 3.05) is 30.8 Å². The first-order chi connectivity index (χ1) is 13.4. The summed E-state index contributed by atoms with van der Waals surface area (Å²) in [4.78, 5) is 31.2. The summed E-state index contributed by atoms with van der Waals surface area (Å²) in [7, 11) is 1.57. The van der Waals surface area contributed by atoms with Crippen LogP contribution in [0.1, 0.15) is 36.8 Å². The van der Waals surface area contributed by atoms with Crippen LogP contribution in [0, 0.1) is 5.82 Å². The number of anilines is 2. The van der Waals surface area contributed by atoms with Gasteiger partial charge in [0.2, 0.25) is 11.8 Å². The molecule has 1 aromatic heterocycles. The SMILES string of the molecule is CCC(=O)N(C)c1ccc(C2CN(C(=O)CCc3cccnc3N)C2)cc1F. The number of aromatic nitrogens is 1. The van der Waals surface area contributed by atoms with Crippen LogP contribution in [0.3, 0.4) is 0 Å². The fraction of sp³-hybridized carbons (Fsp3) is 0.381. The minimum Gasteiger partial charge on any atom is -0.383 e. The van der Waals surface area contributed by atoms with Gasteiger partial charge >= 0.3 is 0 Å². The quantitative estimate of drug-likeness (QED) is 0.831. The van der Waals surface area contributed by atoms with E-state index in [1.165, 1.54) is 11.0 Å². The van der Waals surface area contributed by atoms with Crippen LogP contribution in [0.2, 0.25) is 0 Å². The zero-order valence-corrected chi connectivity index (χ0v) is 16.2. The summed E-state index contributed by atoms with van der Waals surface area (Å²) >= 11 is 0. The lowest BCUT2D eigenvalue weighted by Gasteiger charge is -2.40. The van der Waals surface area contributed by atoms with Crippen LogP contribution in [-0.4, -0.2) is 41.8 Å². The minimum absolute atomic E-state index is 0.0601. The van der Waals surface area contributed by atoms with E-state index in [2.05, 4.69) is 4.98 Å². The second-order valence-corrected chi connectivity index (χ2v) is 7.06. The van der Waals surface area contributed by atoms with Crippen molar-refractivity contribution in [3.05, 3.63) is 53.5 Å². The molecule has 0 spiro atoms. The Morgan fingerprint density at radius 2 is 2.07 bits per heavy atom. The molecule has 1 aliphatic rings. The van der Waals surface area contributed by atoms with Gasteiger partial charge in [0.25, 0.3) is 0 Å². The van der Waals surface area contributed by atoms with Gasteiger partial charge in [0, 0.05) is 45.1 Å². The molecule has 0 atom stereocenters. The number of nitrogen functional groups attached to an aromatic ring is 1. The third kappa shape index (κ3) is 4.13. The number of benzene rings is 1. The van der Waals surface area contributed by atoms with Gasteiger partial charge in [-0.25, -0.2) is 9.37 Å². The highest BCUT2D eigenvalue weighted by Crippen LogP contribution is 2.31. The highest BCUT2D eigenvalue weighted by molar-refractivity contribution is 5.92. The van der Waals surface area contributed by atoms with Crippen LogP contribution < -0.4 is 10.6 Å². The summed E-state index contributed by atoms with van der Waals surface area (Å²) in [5.74, 6) is 0.0758. The third-order valence-electron chi connectivity index (χ3n) is 5.25. The van der Waals surface area contributed by atoms with Crippen LogP contribution in [0.15, 0.2) is 36.5 Å². The number of halogens is 1. The monoisotopic (exact) mass is 384 g/mol. The molecule has 28 heavy (non-hydrogen) atoms. The fourth-order valence-corrected chi connectivity index (χ4v) is 3.38. The van der Waals surface area contributed by atoms with E-state index in [0.29, 0.717) is 38.2 Å². The predicted octanol–water partition coefficient (Wildman–Crippen LogP) is 2.73. The molecule has 7 heteroatoms. The first kappa shape index (κ1) is 19.8. The molecule has 3 rings (SSSR count). The van der Waals surface area contributed by atoms with E-state index < -0.39 is 5.82 Å². The summed E-state index contributed by atoms with van der Waals surface area (Å²) in [6.07, 6.45) is 2.88. The first-order valence-corrected chi connectivity index (χ1v) is 9.43. The summed E-state index contributed by atoms with van der Waals surface area (Å²) in [6.45, 7) is 2.89. The summed E-state index contributed by atoms with van der Waals surface area (Å²) in [5.41, 5.74) is 7.80. The lowest BCUT2D eigenvalue weighted by molar-refractivity contribution is -0.135. The van der Waals surface area contributed by atoms with E-state index >= 15 is 0 Å². The smallest absolute Gasteiger partial charge is 0.226 e. The lowest BCUT2D eigenvalue weighted by Crippen LogP contribution is -2.48. The molecule has 2 N–H and O–H groups in total. The Bertz CT molecular complexity index is 880. The number of rotatable bonds is 6. The van der Waals surface area contributed by atoms with Gasteiger partial charge in [-0.3, -0.25) is 9.59 Å². The fourth-order valence-electron chi connectivity index (χ4n) is 3.38. The van der Waals surface area contributed by atoms with Crippen molar-refractivity contribution in [1.82, 2.24) is 9.88 Å². The number of amides is 2. The normalized spacial score (nSPS) is 13.9. The van der Waals surface area contributed by atoms with E-state index in [4.69, 9.17) is 5.73 Å². The third-order valence-corrected chi connectivity index (χ3v) is 5.25. The number of aryl methyl sites for hydroxylation is 1. The van der Waals surface area contributed by atoms with Crippen LogP contribution in [0.25, 0.3) is 0 Å². The zero-order valence-electron chi connectivity index (χ0n) is 16.2. The molecule has 0 unspecified atom stereocenters. The van der Waals surface area contributed by atoms with Crippen LogP contribution >= 0.6 is 0 Å². The van der Waals surface area contributed by atoms with Gasteiger partial charge in [0.05, 0.1) is 5.69 Å². The van der Waals surface area contributed by atoms with Crippen molar-refractivity contribution in [3.8, 4) is 0 Å². The molecule has 1 fully saturated rings. The molecule has 1 aliphatic heterocycles. The molecule has 2 heterocycles. The topological polar surface area (TPSA) is 79.5 Å². The van der Waals surface area contributed by atoms with Gasteiger partial charge in [-0.1, -0.05) is 19.1 Å². The van der Waals surface area contributed by atoms with E-state index in [0.717, 1.165) is 11.1 Å². The van der Waals surface area contributed by atoms with Crippen molar-refractivity contribution in [3.63, 3.8) is 0 Å². The Hall–Kier alpha value is -2.96. The number of hydrogen-bond acceptors (Lipinski definition) is 4. The first-order valence-electron chi connectivity index (χ1n) is 9.43. The van der Waals surface area contributed by atoms with Gasteiger partial charge in [0.15, 0.2) is 0 Å². The van der Waals surface area contributed by atoms with Crippen LogP contribution in [-0.2, 0) is 16.0 Å². The Kier molecular flexibility index (Phi) is 5.92. The van der Waals surface area contributed by atoms with E-state index in [1.807, 2.05) is 12.1 Å². The summed E-state index contributed by atoms with van der Waals surface area (Å²) in [5, 5.41) is 0. The standard InChI is InChI=1S/C21H25FN4O2/c1-3-19(27)25(2)18-8-6-15(11-17(18)22)16-12-26(13-16)20(28)9-7-14-5-4-10-24-21(14)23/h4-6,8,10-11,16H,3,7,9,12-13H2,1-2H3,(H2,23,24). The second kappa shape index (κ2) is 8.37.